The third-order valence-electron chi connectivity index (χ3n) is 5.35. The van der Waals surface area contributed by atoms with Gasteiger partial charge in [-0.05, 0) is 24.0 Å². The van der Waals surface area contributed by atoms with Crippen molar-refractivity contribution < 1.29 is 19.1 Å². The van der Waals surface area contributed by atoms with Gasteiger partial charge in [0, 0.05) is 6.42 Å². The number of benzene rings is 2. The number of likely N-dealkylation sites (N-methyl/N-ethyl adjacent to an activating group) is 1. The lowest BCUT2D eigenvalue weighted by Gasteiger charge is -2.36. The molecule has 0 aromatic heterocycles. The van der Waals surface area contributed by atoms with Gasteiger partial charge in [-0.2, -0.15) is 0 Å². The molecule has 3 rings (SSSR count). The van der Waals surface area contributed by atoms with E-state index in [1.165, 1.54) is 0 Å². The molecule has 26 heavy (non-hydrogen) atoms. The summed E-state index contributed by atoms with van der Waals surface area (Å²) in [4.78, 5) is 13.2. The summed E-state index contributed by atoms with van der Waals surface area (Å²) in [6.45, 7) is 0. The van der Waals surface area contributed by atoms with Crippen LogP contribution in [0.4, 0.5) is 0 Å². The maximum Gasteiger partial charge on any atom is 0.348 e. The second-order valence-corrected chi connectivity index (χ2v) is 8.00. The van der Waals surface area contributed by atoms with E-state index >= 15 is 0 Å². The van der Waals surface area contributed by atoms with Crippen LogP contribution in [0, 0.1) is 0 Å². The van der Waals surface area contributed by atoms with E-state index in [1.807, 2.05) is 36.4 Å². The highest BCUT2D eigenvalue weighted by Crippen LogP contribution is 2.35. The van der Waals surface area contributed by atoms with Crippen LogP contribution in [0.15, 0.2) is 60.7 Å². The third kappa shape index (κ3) is 3.53. The molecule has 0 spiro atoms. The summed E-state index contributed by atoms with van der Waals surface area (Å²) < 4.78 is 6.66. The Morgan fingerprint density at radius 1 is 0.962 bits per heavy atom. The highest BCUT2D eigenvalue weighted by atomic mass is 16.6. The van der Waals surface area contributed by atoms with Gasteiger partial charge < -0.3 is 14.3 Å². The number of hydrogen-bond acceptors (Lipinski definition) is 3. The Morgan fingerprint density at radius 3 is 1.92 bits per heavy atom. The van der Waals surface area contributed by atoms with Gasteiger partial charge in [-0.3, -0.25) is 0 Å². The molecule has 1 aliphatic rings. The van der Waals surface area contributed by atoms with Gasteiger partial charge in [0.2, 0.25) is 5.60 Å². The maximum absolute atomic E-state index is 13.2. The molecule has 4 nitrogen and oxygen atoms in total. The minimum Gasteiger partial charge on any atom is -0.453 e. The van der Waals surface area contributed by atoms with E-state index in [0.29, 0.717) is 11.1 Å². The van der Waals surface area contributed by atoms with Gasteiger partial charge in [0.05, 0.1) is 21.1 Å². The van der Waals surface area contributed by atoms with Crippen LogP contribution < -0.4 is 0 Å². The van der Waals surface area contributed by atoms with Crippen molar-refractivity contribution in [3.8, 4) is 0 Å². The summed E-state index contributed by atoms with van der Waals surface area (Å²) in [5, 5.41) is 11.5. The Balaban J connectivity index is 1.94. The largest absolute Gasteiger partial charge is 0.453 e. The molecule has 4 heteroatoms. The molecule has 2 aromatic carbocycles. The lowest BCUT2D eigenvalue weighted by atomic mass is 9.86. The van der Waals surface area contributed by atoms with Crippen LogP contribution in [-0.4, -0.2) is 48.8 Å². The Morgan fingerprint density at radius 2 is 1.46 bits per heavy atom. The minimum absolute atomic E-state index is 0.179. The van der Waals surface area contributed by atoms with Gasteiger partial charge in [0.15, 0.2) is 6.10 Å². The molecule has 0 bridgehead atoms. The standard InChI is InChI=1S/C22H28NO3/c1-23(2,3)19-15-10-16-20(19)26-21(24)22(25,17-11-6-4-7-12-17)18-13-8-5-9-14-18/h4-9,11-14,19-20,25H,10,15-16H2,1-3H3/q+1/t19-,20+/m0/s1. The summed E-state index contributed by atoms with van der Waals surface area (Å²) in [5.74, 6) is -0.597. The number of carbonyl (C=O) groups excluding carboxylic acids is 1. The van der Waals surface area contributed by atoms with Crippen LogP contribution >= 0.6 is 0 Å². The number of quaternary nitrogens is 1. The van der Waals surface area contributed by atoms with Crippen LogP contribution in [0.3, 0.4) is 0 Å². The van der Waals surface area contributed by atoms with Crippen LogP contribution in [0.25, 0.3) is 0 Å². The third-order valence-corrected chi connectivity index (χ3v) is 5.35. The van der Waals surface area contributed by atoms with E-state index in [4.69, 9.17) is 4.74 Å². The van der Waals surface area contributed by atoms with Crippen molar-refractivity contribution in [3.05, 3.63) is 71.8 Å². The van der Waals surface area contributed by atoms with Crippen LogP contribution in [0.1, 0.15) is 30.4 Å². The fraction of sp³-hybridized carbons (Fsp3) is 0.409. The number of rotatable bonds is 5. The van der Waals surface area contributed by atoms with Gasteiger partial charge in [-0.15, -0.1) is 0 Å². The van der Waals surface area contributed by atoms with Crippen molar-refractivity contribution in [2.24, 2.45) is 0 Å². The van der Waals surface area contributed by atoms with Crippen molar-refractivity contribution in [1.29, 1.82) is 0 Å². The zero-order valence-corrected chi connectivity index (χ0v) is 15.8. The molecule has 1 fully saturated rings. The summed E-state index contributed by atoms with van der Waals surface area (Å²) in [5.41, 5.74) is -0.757. The van der Waals surface area contributed by atoms with Crippen molar-refractivity contribution in [1.82, 2.24) is 0 Å². The number of hydrogen-bond donors (Lipinski definition) is 1. The van der Waals surface area contributed by atoms with E-state index in [2.05, 4.69) is 21.1 Å². The average Bonchev–Trinajstić information content (AvgIpc) is 3.11. The summed E-state index contributed by atoms with van der Waals surface area (Å²) >= 11 is 0. The maximum atomic E-state index is 13.2. The highest BCUT2D eigenvalue weighted by molar-refractivity contribution is 5.85. The zero-order chi connectivity index (χ0) is 18.8. The van der Waals surface area contributed by atoms with E-state index in [0.717, 1.165) is 23.7 Å². The molecule has 1 saturated carbocycles. The second kappa shape index (κ2) is 7.22. The first-order chi connectivity index (χ1) is 12.3. The number of ether oxygens (including phenoxy) is 1. The van der Waals surface area contributed by atoms with Crippen LogP contribution in [-0.2, 0) is 15.1 Å². The number of nitrogens with zero attached hydrogens (tertiary/aromatic N) is 1. The molecule has 2 aromatic rings. The molecule has 0 heterocycles. The normalized spacial score (nSPS) is 20.8. The first-order valence-corrected chi connectivity index (χ1v) is 9.19. The molecule has 2 atom stereocenters. The van der Waals surface area contributed by atoms with Gasteiger partial charge >= 0.3 is 5.97 Å². The summed E-state index contributed by atoms with van der Waals surface area (Å²) in [6.07, 6.45) is 2.72. The molecule has 1 N–H and O–H groups in total. The van der Waals surface area contributed by atoms with E-state index in [-0.39, 0.29) is 12.1 Å². The Hall–Kier alpha value is -2.17. The molecule has 1 aliphatic carbocycles. The van der Waals surface area contributed by atoms with Crippen molar-refractivity contribution in [3.63, 3.8) is 0 Å². The van der Waals surface area contributed by atoms with Gasteiger partial charge in [-0.1, -0.05) is 60.7 Å². The van der Waals surface area contributed by atoms with E-state index < -0.39 is 11.6 Å². The number of aliphatic hydroxyl groups is 1. The lowest BCUT2D eigenvalue weighted by molar-refractivity contribution is -0.898. The fourth-order valence-electron chi connectivity index (χ4n) is 3.91. The number of carbonyl (C=O) groups is 1. The SMILES string of the molecule is C[N+](C)(C)[C@H]1CCC[C@H]1OC(=O)C(O)(c1ccccc1)c1ccccc1. The molecule has 0 unspecified atom stereocenters. The summed E-state index contributed by atoms with van der Waals surface area (Å²) in [6, 6.07) is 18.3. The second-order valence-electron chi connectivity index (χ2n) is 8.00. The predicted octanol–water partition coefficient (Wildman–Crippen LogP) is 3.09. The van der Waals surface area contributed by atoms with Gasteiger partial charge in [0.25, 0.3) is 0 Å². The summed E-state index contributed by atoms with van der Waals surface area (Å²) in [7, 11) is 6.37. The molecule has 0 aliphatic heterocycles. The Kier molecular flexibility index (Phi) is 5.17. The molecular weight excluding hydrogens is 326 g/mol. The first-order valence-electron chi connectivity index (χ1n) is 9.19. The average molecular weight is 354 g/mol. The monoisotopic (exact) mass is 354 g/mol. The van der Waals surface area contributed by atoms with Gasteiger partial charge in [0.1, 0.15) is 6.04 Å². The van der Waals surface area contributed by atoms with Gasteiger partial charge in [-0.25, -0.2) is 4.79 Å². The predicted molar refractivity (Wildman–Crippen MR) is 101 cm³/mol. The number of esters is 1. The molecule has 0 amide bonds. The molecule has 138 valence electrons. The Bertz CT molecular complexity index is 697. The van der Waals surface area contributed by atoms with E-state index in [1.54, 1.807) is 24.3 Å². The van der Waals surface area contributed by atoms with E-state index in [9.17, 15) is 9.90 Å². The topological polar surface area (TPSA) is 46.5 Å². The minimum atomic E-state index is -1.81. The van der Waals surface area contributed by atoms with Crippen molar-refractivity contribution in [2.75, 3.05) is 21.1 Å². The van der Waals surface area contributed by atoms with Crippen LogP contribution in [0.5, 0.6) is 0 Å². The molecular formula is C22H28NO3+. The first kappa shape index (κ1) is 18.6. The smallest absolute Gasteiger partial charge is 0.348 e. The van der Waals surface area contributed by atoms with Crippen LogP contribution in [0.2, 0.25) is 0 Å². The van der Waals surface area contributed by atoms with Crippen molar-refractivity contribution >= 4 is 5.97 Å². The fourth-order valence-corrected chi connectivity index (χ4v) is 3.91. The highest BCUT2D eigenvalue weighted by Gasteiger charge is 2.46. The molecule has 0 radical (unpaired) electrons. The zero-order valence-electron chi connectivity index (χ0n) is 15.8. The Labute approximate surface area is 155 Å². The quantitative estimate of drug-likeness (QED) is 0.663. The lowest BCUT2D eigenvalue weighted by Crippen LogP contribution is -2.51. The van der Waals surface area contributed by atoms with Crippen molar-refractivity contribution in [2.45, 2.75) is 37.0 Å². The molecule has 0 saturated heterocycles.